The van der Waals surface area contributed by atoms with Crippen molar-refractivity contribution in [1.29, 1.82) is 0 Å². The molecule has 1 saturated heterocycles. The zero-order chi connectivity index (χ0) is 13.0. The summed E-state index contributed by atoms with van der Waals surface area (Å²) in [5, 5.41) is 11.2. The van der Waals surface area contributed by atoms with Crippen LogP contribution in [0.5, 0.6) is 0 Å². The molecule has 0 unspecified atom stereocenters. The molecular weight excluding hydrogens is 230 g/mol. The summed E-state index contributed by atoms with van der Waals surface area (Å²) in [6.45, 7) is 6.16. The first kappa shape index (κ1) is 12.7. The summed E-state index contributed by atoms with van der Waals surface area (Å²) in [7, 11) is 0. The van der Waals surface area contributed by atoms with Gasteiger partial charge in [-0.05, 0) is 12.8 Å². The summed E-state index contributed by atoms with van der Waals surface area (Å²) >= 11 is 0. The van der Waals surface area contributed by atoms with E-state index in [1.54, 1.807) is 0 Å². The van der Waals surface area contributed by atoms with Crippen LogP contribution in [-0.2, 0) is 17.6 Å². The molecule has 98 valence electrons. The smallest absolute Gasteiger partial charge is 0.245 e. The Labute approximate surface area is 107 Å². The second kappa shape index (κ2) is 5.75. The van der Waals surface area contributed by atoms with E-state index in [2.05, 4.69) is 34.3 Å². The van der Waals surface area contributed by atoms with E-state index in [4.69, 9.17) is 0 Å². The topological polar surface area (TPSA) is 71.0 Å². The summed E-state index contributed by atoms with van der Waals surface area (Å²) in [5.74, 6) is 0.729. The molecule has 0 spiro atoms. The molecule has 0 saturated carbocycles. The molecule has 1 N–H and O–H groups in total. The van der Waals surface area contributed by atoms with Gasteiger partial charge < -0.3 is 10.2 Å². The molecular formula is C12H19N5O. The van der Waals surface area contributed by atoms with E-state index in [1.807, 2.05) is 4.90 Å². The quantitative estimate of drug-likeness (QED) is 0.835. The number of rotatable bonds is 3. The maximum absolute atomic E-state index is 11.3. The number of carbonyl (C=O) groups excluding carboxylic acids is 1. The van der Waals surface area contributed by atoms with Crippen molar-refractivity contribution in [2.75, 3.05) is 24.5 Å². The third kappa shape index (κ3) is 2.75. The van der Waals surface area contributed by atoms with Crippen molar-refractivity contribution in [1.82, 2.24) is 20.5 Å². The minimum Gasteiger partial charge on any atom is -0.354 e. The Morgan fingerprint density at radius 1 is 1.17 bits per heavy atom. The van der Waals surface area contributed by atoms with Crippen molar-refractivity contribution in [3.05, 3.63) is 11.4 Å². The molecule has 2 rings (SSSR count). The zero-order valence-electron chi connectivity index (χ0n) is 10.9. The third-order valence-corrected chi connectivity index (χ3v) is 3.09. The molecule has 1 fully saturated rings. The Morgan fingerprint density at radius 3 is 2.67 bits per heavy atom. The average molecular weight is 249 g/mol. The molecule has 1 aromatic rings. The van der Waals surface area contributed by atoms with Gasteiger partial charge in [-0.1, -0.05) is 13.8 Å². The molecule has 0 bridgehead atoms. The van der Waals surface area contributed by atoms with Crippen LogP contribution in [0.2, 0.25) is 0 Å². The molecule has 0 aliphatic carbocycles. The number of hydrogen-bond acceptors (Lipinski definition) is 5. The molecule has 0 atom stereocenters. The highest BCUT2D eigenvalue weighted by Gasteiger charge is 2.17. The number of amides is 1. The van der Waals surface area contributed by atoms with E-state index < -0.39 is 0 Å². The van der Waals surface area contributed by atoms with Gasteiger partial charge >= 0.3 is 0 Å². The van der Waals surface area contributed by atoms with Crippen LogP contribution in [0.15, 0.2) is 0 Å². The van der Waals surface area contributed by atoms with Crippen LogP contribution in [0, 0.1) is 0 Å². The number of hydrogen-bond donors (Lipinski definition) is 1. The van der Waals surface area contributed by atoms with Crippen LogP contribution in [0.1, 0.15) is 31.7 Å². The van der Waals surface area contributed by atoms with Crippen LogP contribution >= 0.6 is 0 Å². The molecule has 2 heterocycles. The first-order valence-electron chi connectivity index (χ1n) is 6.48. The van der Waals surface area contributed by atoms with Gasteiger partial charge in [0.15, 0.2) is 0 Å². The van der Waals surface area contributed by atoms with Gasteiger partial charge in [0.25, 0.3) is 0 Å². The standard InChI is InChI=1S/C12H19N5O/c1-3-9-10(4-2)15-16-12(14-9)17-7-5-11(18)13-6-8-17/h3-8H2,1-2H3,(H,13,18). The SMILES string of the molecule is CCc1nnc(N2CCNC(=O)CC2)nc1CC. The fourth-order valence-electron chi connectivity index (χ4n) is 2.03. The number of aryl methyl sites for hydroxylation is 2. The van der Waals surface area contributed by atoms with Crippen molar-refractivity contribution >= 4 is 11.9 Å². The minimum atomic E-state index is 0.0892. The van der Waals surface area contributed by atoms with Gasteiger partial charge in [0.05, 0.1) is 11.4 Å². The lowest BCUT2D eigenvalue weighted by Crippen LogP contribution is -2.30. The van der Waals surface area contributed by atoms with E-state index in [0.717, 1.165) is 30.8 Å². The Morgan fingerprint density at radius 2 is 1.94 bits per heavy atom. The number of nitrogens with one attached hydrogen (secondary N) is 1. The molecule has 1 amide bonds. The monoisotopic (exact) mass is 249 g/mol. The van der Waals surface area contributed by atoms with E-state index >= 15 is 0 Å². The maximum Gasteiger partial charge on any atom is 0.245 e. The number of anilines is 1. The second-order valence-electron chi connectivity index (χ2n) is 4.30. The Bertz CT molecular complexity index is 434. The summed E-state index contributed by atoms with van der Waals surface area (Å²) < 4.78 is 0. The average Bonchev–Trinajstić information content (AvgIpc) is 2.62. The molecule has 6 nitrogen and oxygen atoms in total. The number of nitrogens with zero attached hydrogens (tertiary/aromatic N) is 4. The van der Waals surface area contributed by atoms with Crippen LogP contribution < -0.4 is 10.2 Å². The van der Waals surface area contributed by atoms with Crippen LogP contribution in [0.25, 0.3) is 0 Å². The van der Waals surface area contributed by atoms with E-state index in [9.17, 15) is 4.79 Å². The second-order valence-corrected chi connectivity index (χ2v) is 4.30. The largest absolute Gasteiger partial charge is 0.354 e. The molecule has 1 aliphatic rings. The summed E-state index contributed by atoms with van der Waals surface area (Å²) in [6.07, 6.45) is 2.19. The van der Waals surface area contributed by atoms with E-state index in [1.165, 1.54) is 0 Å². The zero-order valence-corrected chi connectivity index (χ0v) is 10.9. The maximum atomic E-state index is 11.3. The molecule has 6 heteroatoms. The molecule has 0 radical (unpaired) electrons. The van der Waals surface area contributed by atoms with E-state index in [0.29, 0.717) is 25.5 Å². The molecule has 18 heavy (non-hydrogen) atoms. The number of aromatic nitrogens is 3. The summed E-state index contributed by atoms with van der Waals surface area (Å²) in [5.41, 5.74) is 1.97. The van der Waals surface area contributed by atoms with Gasteiger partial charge in [-0.3, -0.25) is 4.79 Å². The Hall–Kier alpha value is -1.72. The van der Waals surface area contributed by atoms with Crippen molar-refractivity contribution in [3.8, 4) is 0 Å². The summed E-state index contributed by atoms with van der Waals surface area (Å²) in [4.78, 5) is 17.9. The molecule has 0 aromatic carbocycles. The van der Waals surface area contributed by atoms with Crippen LogP contribution in [-0.4, -0.2) is 40.7 Å². The number of carbonyl (C=O) groups is 1. The van der Waals surface area contributed by atoms with Gasteiger partial charge in [0.2, 0.25) is 11.9 Å². The lowest BCUT2D eigenvalue weighted by molar-refractivity contribution is -0.120. The summed E-state index contributed by atoms with van der Waals surface area (Å²) in [6, 6.07) is 0. The first-order chi connectivity index (χ1) is 8.74. The van der Waals surface area contributed by atoms with Crippen molar-refractivity contribution in [2.24, 2.45) is 0 Å². The minimum absolute atomic E-state index is 0.0892. The van der Waals surface area contributed by atoms with Gasteiger partial charge in [0, 0.05) is 26.1 Å². The van der Waals surface area contributed by atoms with Gasteiger partial charge in [-0.2, -0.15) is 5.10 Å². The van der Waals surface area contributed by atoms with Gasteiger partial charge in [-0.25, -0.2) is 4.98 Å². The highest BCUT2D eigenvalue weighted by Crippen LogP contribution is 2.12. The molecule has 1 aromatic heterocycles. The van der Waals surface area contributed by atoms with Crippen LogP contribution in [0.3, 0.4) is 0 Å². The van der Waals surface area contributed by atoms with Crippen molar-refractivity contribution in [3.63, 3.8) is 0 Å². The molecule has 1 aliphatic heterocycles. The van der Waals surface area contributed by atoms with Crippen molar-refractivity contribution < 1.29 is 4.79 Å². The Kier molecular flexibility index (Phi) is 4.07. The highest BCUT2D eigenvalue weighted by atomic mass is 16.1. The normalized spacial score (nSPS) is 16.3. The van der Waals surface area contributed by atoms with Gasteiger partial charge in [0.1, 0.15) is 0 Å². The van der Waals surface area contributed by atoms with Gasteiger partial charge in [-0.15, -0.1) is 5.10 Å². The van der Waals surface area contributed by atoms with Crippen molar-refractivity contribution in [2.45, 2.75) is 33.1 Å². The predicted octanol–water partition coefficient (Wildman–Crippen LogP) is 0.323. The first-order valence-corrected chi connectivity index (χ1v) is 6.48. The lowest BCUT2D eigenvalue weighted by atomic mass is 10.2. The predicted molar refractivity (Wildman–Crippen MR) is 68.4 cm³/mol. The third-order valence-electron chi connectivity index (χ3n) is 3.09. The van der Waals surface area contributed by atoms with E-state index in [-0.39, 0.29) is 5.91 Å². The fourth-order valence-corrected chi connectivity index (χ4v) is 2.03. The lowest BCUT2D eigenvalue weighted by Gasteiger charge is -2.19. The fraction of sp³-hybridized carbons (Fsp3) is 0.667. The van der Waals surface area contributed by atoms with Crippen LogP contribution in [0.4, 0.5) is 5.95 Å². The Balaban J connectivity index is 2.19. The highest BCUT2D eigenvalue weighted by molar-refractivity contribution is 5.76.